The summed E-state index contributed by atoms with van der Waals surface area (Å²) < 4.78 is 26.3. The first-order valence-electron chi connectivity index (χ1n) is 6.98. The summed E-state index contributed by atoms with van der Waals surface area (Å²) in [6.07, 6.45) is 6.67. The van der Waals surface area contributed by atoms with Crippen molar-refractivity contribution in [1.82, 2.24) is 10.0 Å². The molecule has 2 N–H and O–H groups in total. The van der Waals surface area contributed by atoms with E-state index in [1.807, 2.05) is 11.8 Å². The van der Waals surface area contributed by atoms with Crippen LogP contribution in [0.2, 0.25) is 0 Å². The largest absolute Gasteiger partial charge is 0.314 e. The zero-order chi connectivity index (χ0) is 12.8. The molecule has 1 unspecified atom stereocenters. The molecule has 2 rings (SSSR count). The average molecular weight is 292 g/mol. The van der Waals surface area contributed by atoms with Crippen LogP contribution in [0, 0.1) is 0 Å². The van der Waals surface area contributed by atoms with Crippen molar-refractivity contribution >= 4 is 21.8 Å². The first-order valence-corrected chi connectivity index (χ1v) is 9.68. The Morgan fingerprint density at radius 3 is 2.67 bits per heavy atom. The second-order valence-electron chi connectivity index (χ2n) is 5.24. The molecule has 2 fully saturated rings. The van der Waals surface area contributed by atoms with Gasteiger partial charge in [-0.25, -0.2) is 13.1 Å². The van der Waals surface area contributed by atoms with E-state index in [4.69, 9.17) is 0 Å². The molecule has 1 heterocycles. The van der Waals surface area contributed by atoms with Gasteiger partial charge in [0.2, 0.25) is 10.0 Å². The third-order valence-corrected chi connectivity index (χ3v) is 6.24. The number of unbranched alkanes of at least 4 members (excludes halogenated alkanes) is 1. The van der Waals surface area contributed by atoms with Crippen molar-refractivity contribution in [2.24, 2.45) is 0 Å². The second kappa shape index (κ2) is 7.12. The summed E-state index contributed by atoms with van der Waals surface area (Å²) in [5.41, 5.74) is 0. The fourth-order valence-corrected chi connectivity index (χ4v) is 4.60. The summed E-state index contributed by atoms with van der Waals surface area (Å²) in [4.78, 5) is 0. The van der Waals surface area contributed by atoms with Gasteiger partial charge < -0.3 is 5.32 Å². The predicted octanol–water partition coefficient (Wildman–Crippen LogP) is 1.33. The summed E-state index contributed by atoms with van der Waals surface area (Å²) in [6.45, 7) is 1.58. The van der Waals surface area contributed by atoms with Gasteiger partial charge >= 0.3 is 0 Å². The van der Waals surface area contributed by atoms with Crippen molar-refractivity contribution in [1.29, 1.82) is 0 Å². The van der Waals surface area contributed by atoms with Crippen molar-refractivity contribution in [2.75, 3.05) is 24.6 Å². The van der Waals surface area contributed by atoms with E-state index in [9.17, 15) is 8.42 Å². The number of hydrogen-bond donors (Lipinski definition) is 2. The van der Waals surface area contributed by atoms with Crippen LogP contribution in [0.4, 0.5) is 0 Å². The molecular formula is C12H24N2O2S2. The van der Waals surface area contributed by atoms with Crippen molar-refractivity contribution in [3.05, 3.63) is 0 Å². The number of sulfonamides is 1. The number of nitrogens with one attached hydrogen (secondary N) is 2. The van der Waals surface area contributed by atoms with E-state index >= 15 is 0 Å². The van der Waals surface area contributed by atoms with Gasteiger partial charge in [-0.3, -0.25) is 0 Å². The quantitative estimate of drug-likeness (QED) is 0.630. The zero-order valence-corrected chi connectivity index (χ0v) is 12.5. The maximum Gasteiger partial charge on any atom is 0.211 e. The predicted molar refractivity (Wildman–Crippen MR) is 77.5 cm³/mol. The highest BCUT2D eigenvalue weighted by atomic mass is 32.2. The Kier molecular flexibility index (Phi) is 5.79. The highest BCUT2D eigenvalue weighted by molar-refractivity contribution is 8.00. The van der Waals surface area contributed by atoms with Crippen molar-refractivity contribution < 1.29 is 8.42 Å². The van der Waals surface area contributed by atoms with Gasteiger partial charge in [0.05, 0.1) is 5.75 Å². The molecule has 0 amide bonds. The van der Waals surface area contributed by atoms with Crippen LogP contribution in [0.1, 0.15) is 38.5 Å². The summed E-state index contributed by atoms with van der Waals surface area (Å²) in [6, 6.07) is 0.721. The van der Waals surface area contributed by atoms with Crippen LogP contribution < -0.4 is 10.0 Å². The van der Waals surface area contributed by atoms with E-state index in [1.54, 1.807) is 0 Å². The van der Waals surface area contributed by atoms with Crippen LogP contribution in [0.3, 0.4) is 0 Å². The van der Waals surface area contributed by atoms with Gasteiger partial charge in [-0.2, -0.15) is 11.8 Å². The Labute approximate surface area is 115 Å². The van der Waals surface area contributed by atoms with Gasteiger partial charge in [0.25, 0.3) is 0 Å². The molecule has 2 aliphatic rings. The molecule has 1 aliphatic carbocycles. The monoisotopic (exact) mass is 292 g/mol. The van der Waals surface area contributed by atoms with Crippen LogP contribution in [0.15, 0.2) is 0 Å². The van der Waals surface area contributed by atoms with Crippen LogP contribution in [-0.4, -0.2) is 44.3 Å². The minimum absolute atomic E-state index is 0.275. The molecule has 1 saturated heterocycles. The second-order valence-corrected chi connectivity index (χ2v) is 8.57. The van der Waals surface area contributed by atoms with E-state index in [-0.39, 0.29) is 5.75 Å². The molecule has 18 heavy (non-hydrogen) atoms. The average Bonchev–Trinajstić information content (AvgIpc) is 3.00. The van der Waals surface area contributed by atoms with Crippen molar-refractivity contribution in [2.45, 2.75) is 49.8 Å². The third kappa shape index (κ3) is 5.91. The fraction of sp³-hybridized carbons (Fsp3) is 1.00. The highest BCUT2D eigenvalue weighted by Crippen LogP contribution is 2.25. The van der Waals surface area contributed by atoms with Gasteiger partial charge in [0.15, 0.2) is 0 Å². The van der Waals surface area contributed by atoms with Crippen molar-refractivity contribution in [3.8, 4) is 0 Å². The Morgan fingerprint density at radius 2 is 2.00 bits per heavy atom. The van der Waals surface area contributed by atoms with E-state index in [2.05, 4.69) is 10.0 Å². The molecule has 1 atom stereocenters. The number of rotatable bonds is 9. The van der Waals surface area contributed by atoms with Crippen LogP contribution in [-0.2, 0) is 10.0 Å². The van der Waals surface area contributed by atoms with Crippen LogP contribution in [0.25, 0.3) is 0 Å². The summed E-state index contributed by atoms with van der Waals surface area (Å²) in [5.74, 6) is 1.45. The zero-order valence-electron chi connectivity index (χ0n) is 10.9. The van der Waals surface area contributed by atoms with Crippen LogP contribution >= 0.6 is 11.8 Å². The molecule has 6 heteroatoms. The highest BCUT2D eigenvalue weighted by Gasteiger charge is 2.20. The third-order valence-electron chi connectivity index (χ3n) is 3.41. The topological polar surface area (TPSA) is 58.2 Å². The SMILES string of the molecule is O=S(=O)(CCCCNC1CC1)NCC1CCCS1. The molecule has 0 aromatic rings. The molecule has 1 saturated carbocycles. The Morgan fingerprint density at radius 1 is 1.17 bits per heavy atom. The molecule has 4 nitrogen and oxygen atoms in total. The lowest BCUT2D eigenvalue weighted by molar-refractivity contribution is 0.571. The lowest BCUT2D eigenvalue weighted by Gasteiger charge is -2.10. The minimum Gasteiger partial charge on any atom is -0.314 e. The van der Waals surface area contributed by atoms with Gasteiger partial charge in [0.1, 0.15) is 0 Å². The minimum atomic E-state index is -3.05. The number of thioether (sulfide) groups is 1. The Bertz CT molecular complexity index is 336. The Hall–Kier alpha value is 0.220. The lowest BCUT2D eigenvalue weighted by Crippen LogP contribution is -2.32. The van der Waals surface area contributed by atoms with Crippen molar-refractivity contribution in [3.63, 3.8) is 0 Å². The first-order chi connectivity index (χ1) is 8.66. The maximum absolute atomic E-state index is 11.8. The Balaban J connectivity index is 1.51. The van der Waals surface area contributed by atoms with Crippen LogP contribution in [0.5, 0.6) is 0 Å². The molecule has 0 aromatic heterocycles. The summed E-state index contributed by atoms with van der Waals surface area (Å²) in [7, 11) is -3.05. The molecule has 0 aromatic carbocycles. The van der Waals surface area contributed by atoms with E-state index in [0.717, 1.165) is 31.8 Å². The fourth-order valence-electron chi connectivity index (χ4n) is 2.11. The van der Waals surface area contributed by atoms with Gasteiger partial charge in [-0.15, -0.1) is 0 Å². The van der Waals surface area contributed by atoms with Gasteiger partial charge in [-0.05, 0) is 50.8 Å². The van der Waals surface area contributed by atoms with Gasteiger partial charge in [-0.1, -0.05) is 0 Å². The summed E-state index contributed by atoms with van der Waals surface area (Å²) >= 11 is 1.89. The molecule has 0 radical (unpaired) electrons. The van der Waals surface area contributed by atoms with E-state index in [1.165, 1.54) is 25.0 Å². The maximum atomic E-state index is 11.8. The standard InChI is InChI=1S/C12H24N2O2S2/c15-18(16,14-10-12-4-3-8-17-12)9-2-1-7-13-11-5-6-11/h11-14H,1-10H2. The normalized spacial score (nSPS) is 24.6. The summed E-state index contributed by atoms with van der Waals surface area (Å²) in [5, 5.41) is 3.90. The first kappa shape index (κ1) is 14.6. The molecule has 0 bridgehead atoms. The number of hydrogen-bond acceptors (Lipinski definition) is 4. The van der Waals surface area contributed by atoms with E-state index < -0.39 is 10.0 Å². The molecule has 1 aliphatic heterocycles. The van der Waals surface area contributed by atoms with Gasteiger partial charge in [0, 0.05) is 17.8 Å². The van der Waals surface area contributed by atoms with E-state index in [0.29, 0.717) is 11.8 Å². The lowest BCUT2D eigenvalue weighted by atomic mass is 10.2. The smallest absolute Gasteiger partial charge is 0.211 e. The molecule has 106 valence electrons. The molecular weight excluding hydrogens is 268 g/mol. The molecule has 0 spiro atoms.